The van der Waals surface area contributed by atoms with Crippen LogP contribution in [0.15, 0.2) is 205 Å². The molecule has 0 fully saturated rings. The zero-order valence-electron chi connectivity index (χ0n) is 31.7. The number of aromatic nitrogens is 5. The molecule has 276 valence electrons. The van der Waals surface area contributed by atoms with Crippen molar-refractivity contribution < 1.29 is 4.42 Å². The van der Waals surface area contributed by atoms with Crippen molar-refractivity contribution in [2.75, 3.05) is 0 Å². The van der Waals surface area contributed by atoms with Crippen molar-refractivity contribution in [1.29, 1.82) is 0 Å². The summed E-state index contributed by atoms with van der Waals surface area (Å²) < 4.78 is 6.33. The van der Waals surface area contributed by atoms with Crippen molar-refractivity contribution >= 4 is 32.8 Å². The average molecular weight is 756 g/mol. The monoisotopic (exact) mass is 755 g/mol. The quantitative estimate of drug-likeness (QED) is 0.151. The zero-order chi connectivity index (χ0) is 39.1. The van der Waals surface area contributed by atoms with E-state index in [4.69, 9.17) is 29.3 Å². The maximum absolute atomic E-state index is 6.33. The maximum atomic E-state index is 6.33. The largest absolute Gasteiger partial charge is 0.436 e. The molecular formula is C53H33N5O. The Hall–Kier alpha value is -8.09. The molecule has 8 aromatic carbocycles. The fourth-order valence-corrected chi connectivity index (χ4v) is 7.78. The molecule has 0 aliphatic carbocycles. The lowest BCUT2D eigenvalue weighted by Crippen LogP contribution is -2.00. The van der Waals surface area contributed by atoms with E-state index >= 15 is 0 Å². The Morgan fingerprint density at radius 2 is 0.729 bits per heavy atom. The van der Waals surface area contributed by atoms with Gasteiger partial charge < -0.3 is 4.42 Å². The van der Waals surface area contributed by atoms with Gasteiger partial charge in [-0.1, -0.05) is 170 Å². The highest BCUT2D eigenvalue weighted by atomic mass is 16.3. The van der Waals surface area contributed by atoms with Crippen LogP contribution >= 0.6 is 0 Å². The third kappa shape index (κ3) is 6.39. The molecular weight excluding hydrogens is 723 g/mol. The molecule has 0 radical (unpaired) electrons. The van der Waals surface area contributed by atoms with Gasteiger partial charge in [-0.05, 0) is 52.6 Å². The Morgan fingerprint density at radius 1 is 0.305 bits per heavy atom. The minimum atomic E-state index is 0.603. The van der Waals surface area contributed by atoms with E-state index in [0.29, 0.717) is 23.4 Å². The number of rotatable bonds is 7. The molecule has 59 heavy (non-hydrogen) atoms. The zero-order valence-corrected chi connectivity index (χ0v) is 31.7. The SMILES string of the molecule is c1ccc(-c2nc(-c3ccccc3)nc(-c3ccc(-c4ccc(-c5ccc6c(c5)nc(-c5ccccc5)c5ccc7oc(-c8ccccc8)nc7c56)cc4)cc3)n2)cc1. The number of oxazole rings is 1. The molecule has 0 aliphatic rings. The highest BCUT2D eigenvalue weighted by molar-refractivity contribution is 6.21. The summed E-state index contributed by atoms with van der Waals surface area (Å²) >= 11 is 0. The first-order valence-electron chi connectivity index (χ1n) is 19.6. The first-order chi connectivity index (χ1) is 29.2. The van der Waals surface area contributed by atoms with Crippen molar-refractivity contribution in [2.45, 2.75) is 0 Å². The number of hydrogen-bond donors (Lipinski definition) is 0. The van der Waals surface area contributed by atoms with Gasteiger partial charge in [-0.3, -0.25) is 0 Å². The van der Waals surface area contributed by atoms with Gasteiger partial charge in [-0.15, -0.1) is 0 Å². The van der Waals surface area contributed by atoms with E-state index in [9.17, 15) is 0 Å². The summed E-state index contributed by atoms with van der Waals surface area (Å²) in [6.45, 7) is 0. The van der Waals surface area contributed by atoms with Crippen LogP contribution in [0.2, 0.25) is 0 Å². The van der Waals surface area contributed by atoms with Crippen LogP contribution < -0.4 is 0 Å². The predicted octanol–water partition coefficient (Wildman–Crippen LogP) is 13.4. The van der Waals surface area contributed by atoms with Crippen molar-refractivity contribution in [2.24, 2.45) is 0 Å². The van der Waals surface area contributed by atoms with Crippen LogP contribution in [0.4, 0.5) is 0 Å². The minimum absolute atomic E-state index is 0.603. The third-order valence-corrected chi connectivity index (χ3v) is 10.8. The smallest absolute Gasteiger partial charge is 0.227 e. The second-order valence-corrected chi connectivity index (χ2v) is 14.5. The second kappa shape index (κ2) is 14.4. The second-order valence-electron chi connectivity index (χ2n) is 14.5. The van der Waals surface area contributed by atoms with Crippen molar-refractivity contribution in [3.63, 3.8) is 0 Å². The lowest BCUT2D eigenvalue weighted by Gasteiger charge is -2.12. The number of nitrogens with zero attached hydrogens (tertiary/aromatic N) is 5. The van der Waals surface area contributed by atoms with Gasteiger partial charge in [0, 0.05) is 44.0 Å². The standard InChI is InChI=1S/C53H33N5O/c1-5-13-37(14-6-1)48-44-31-32-46-49(55-53(59-46)41-19-11-4-12-20-41)47(44)43-30-29-42(33-45(43)54-48)36-23-21-34(22-24-36)35-25-27-40(28-26-35)52-57-50(38-15-7-2-8-16-38)56-51(58-52)39-17-9-3-10-18-39/h1-33H. The summed E-state index contributed by atoms with van der Waals surface area (Å²) in [5, 5.41) is 3.10. The predicted molar refractivity (Wildman–Crippen MR) is 238 cm³/mol. The molecule has 0 amide bonds. The molecule has 0 aliphatic heterocycles. The van der Waals surface area contributed by atoms with Gasteiger partial charge in [-0.25, -0.2) is 24.9 Å². The molecule has 0 saturated heterocycles. The molecule has 6 heteroatoms. The first-order valence-corrected chi connectivity index (χ1v) is 19.6. The fourth-order valence-electron chi connectivity index (χ4n) is 7.78. The highest BCUT2D eigenvalue weighted by Gasteiger charge is 2.18. The van der Waals surface area contributed by atoms with E-state index in [-0.39, 0.29) is 0 Å². The van der Waals surface area contributed by atoms with Crippen LogP contribution in [0.3, 0.4) is 0 Å². The van der Waals surface area contributed by atoms with Crippen molar-refractivity contribution in [1.82, 2.24) is 24.9 Å². The Kier molecular flexibility index (Phi) is 8.37. The number of benzene rings is 8. The minimum Gasteiger partial charge on any atom is -0.436 e. The number of pyridine rings is 1. The van der Waals surface area contributed by atoms with Gasteiger partial charge in [0.05, 0.1) is 11.2 Å². The fraction of sp³-hybridized carbons (Fsp3) is 0. The average Bonchev–Trinajstić information content (AvgIpc) is 3.77. The van der Waals surface area contributed by atoms with E-state index in [2.05, 4.69) is 97.1 Å². The van der Waals surface area contributed by atoms with E-state index in [0.717, 1.165) is 88.5 Å². The summed E-state index contributed by atoms with van der Waals surface area (Å²) in [6, 6.07) is 68.3. The lowest BCUT2D eigenvalue weighted by atomic mass is 9.96. The van der Waals surface area contributed by atoms with Crippen LogP contribution in [-0.4, -0.2) is 24.9 Å². The summed E-state index contributed by atoms with van der Waals surface area (Å²) in [6.07, 6.45) is 0. The Morgan fingerprint density at radius 3 is 1.27 bits per heavy atom. The Balaban J connectivity index is 0.945. The molecule has 3 heterocycles. The summed E-state index contributed by atoms with van der Waals surface area (Å²) in [7, 11) is 0. The van der Waals surface area contributed by atoms with E-state index in [1.165, 1.54) is 0 Å². The lowest BCUT2D eigenvalue weighted by molar-refractivity contribution is 0.620. The molecule has 0 unspecified atom stereocenters. The highest BCUT2D eigenvalue weighted by Crippen LogP contribution is 2.39. The molecule has 6 nitrogen and oxygen atoms in total. The van der Waals surface area contributed by atoms with E-state index in [1.807, 2.05) is 103 Å². The summed E-state index contributed by atoms with van der Waals surface area (Å²) in [5.41, 5.74) is 12.6. The molecule has 11 rings (SSSR count). The van der Waals surface area contributed by atoms with Crippen LogP contribution in [0.5, 0.6) is 0 Å². The number of hydrogen-bond acceptors (Lipinski definition) is 6. The molecule has 0 bridgehead atoms. The van der Waals surface area contributed by atoms with Gasteiger partial charge in [0.1, 0.15) is 5.52 Å². The van der Waals surface area contributed by atoms with Crippen molar-refractivity contribution in [3.8, 4) is 79.1 Å². The van der Waals surface area contributed by atoms with Crippen LogP contribution in [-0.2, 0) is 0 Å². The van der Waals surface area contributed by atoms with Crippen LogP contribution in [0.25, 0.3) is 112 Å². The summed E-state index contributed by atoms with van der Waals surface area (Å²) in [5.74, 6) is 2.52. The molecule has 0 saturated carbocycles. The number of fused-ring (bicyclic) bond motifs is 5. The van der Waals surface area contributed by atoms with Gasteiger partial charge >= 0.3 is 0 Å². The molecule has 0 atom stereocenters. The Labute approximate surface area is 340 Å². The van der Waals surface area contributed by atoms with Gasteiger partial charge in [0.15, 0.2) is 23.1 Å². The molecule has 11 aromatic rings. The maximum Gasteiger partial charge on any atom is 0.227 e. The van der Waals surface area contributed by atoms with Gasteiger partial charge in [0.25, 0.3) is 0 Å². The molecule has 0 spiro atoms. The normalized spacial score (nSPS) is 11.4. The molecule has 3 aromatic heterocycles. The molecule has 0 N–H and O–H groups in total. The van der Waals surface area contributed by atoms with Crippen LogP contribution in [0.1, 0.15) is 0 Å². The summed E-state index contributed by atoms with van der Waals surface area (Å²) in [4.78, 5) is 25.0. The first kappa shape index (κ1) is 34.2. The topological polar surface area (TPSA) is 77.6 Å². The van der Waals surface area contributed by atoms with Gasteiger partial charge in [0.2, 0.25) is 5.89 Å². The van der Waals surface area contributed by atoms with E-state index in [1.54, 1.807) is 0 Å². The van der Waals surface area contributed by atoms with Gasteiger partial charge in [-0.2, -0.15) is 0 Å². The third-order valence-electron chi connectivity index (χ3n) is 10.8. The van der Waals surface area contributed by atoms with Crippen molar-refractivity contribution in [3.05, 3.63) is 200 Å². The Bertz CT molecular complexity index is 3220. The van der Waals surface area contributed by atoms with E-state index < -0.39 is 0 Å². The van der Waals surface area contributed by atoms with Crippen LogP contribution in [0, 0.1) is 0 Å².